The van der Waals surface area contributed by atoms with Crippen molar-refractivity contribution < 1.29 is 9.59 Å². The number of nitrogens with one attached hydrogen (secondary N) is 1. The molecular weight excluding hydrogens is 338 g/mol. The Morgan fingerprint density at radius 1 is 0.852 bits per heavy atom. The van der Waals surface area contributed by atoms with E-state index >= 15 is 0 Å². The van der Waals surface area contributed by atoms with E-state index < -0.39 is 0 Å². The number of hydrogen-bond donors (Lipinski definition) is 1. The Bertz CT molecular complexity index is 907. The van der Waals surface area contributed by atoms with E-state index in [0.29, 0.717) is 38.3 Å². The van der Waals surface area contributed by atoms with E-state index in [1.165, 1.54) is 5.56 Å². The number of H-pyrrole nitrogens is 1. The maximum absolute atomic E-state index is 12.7. The van der Waals surface area contributed by atoms with Crippen LogP contribution in [0.15, 0.2) is 60.7 Å². The molecule has 5 heteroatoms. The minimum atomic E-state index is 0.00239. The lowest BCUT2D eigenvalue weighted by Gasteiger charge is -2.34. The van der Waals surface area contributed by atoms with Gasteiger partial charge in [-0.2, -0.15) is 0 Å². The fourth-order valence-electron chi connectivity index (χ4n) is 3.57. The van der Waals surface area contributed by atoms with Crippen molar-refractivity contribution in [1.29, 1.82) is 0 Å². The van der Waals surface area contributed by atoms with Crippen LogP contribution in [0.25, 0.3) is 10.9 Å². The van der Waals surface area contributed by atoms with Crippen LogP contribution in [-0.4, -0.2) is 52.8 Å². The first-order valence-electron chi connectivity index (χ1n) is 9.39. The van der Waals surface area contributed by atoms with Gasteiger partial charge in [0, 0.05) is 43.5 Å². The zero-order valence-corrected chi connectivity index (χ0v) is 15.2. The number of amides is 2. The highest BCUT2D eigenvalue weighted by atomic mass is 16.2. The summed E-state index contributed by atoms with van der Waals surface area (Å²) in [6, 6.07) is 19.8. The van der Waals surface area contributed by atoms with Crippen molar-refractivity contribution in [3.8, 4) is 0 Å². The van der Waals surface area contributed by atoms with E-state index in [9.17, 15) is 9.59 Å². The van der Waals surface area contributed by atoms with Crippen molar-refractivity contribution in [1.82, 2.24) is 14.8 Å². The molecule has 2 aromatic carbocycles. The molecule has 1 N–H and O–H groups in total. The molecule has 4 rings (SSSR count). The molecule has 5 nitrogen and oxygen atoms in total. The summed E-state index contributed by atoms with van der Waals surface area (Å²) >= 11 is 0. The summed E-state index contributed by atoms with van der Waals surface area (Å²) < 4.78 is 0. The number of aromatic nitrogens is 1. The van der Waals surface area contributed by atoms with Crippen molar-refractivity contribution in [2.75, 3.05) is 26.2 Å². The topological polar surface area (TPSA) is 56.4 Å². The highest BCUT2D eigenvalue weighted by molar-refractivity contribution is 5.98. The van der Waals surface area contributed by atoms with Gasteiger partial charge in [-0.05, 0) is 24.1 Å². The number of fused-ring (bicyclic) bond motifs is 1. The lowest BCUT2D eigenvalue weighted by atomic mass is 10.1. The van der Waals surface area contributed by atoms with Gasteiger partial charge in [-0.25, -0.2) is 0 Å². The first-order valence-corrected chi connectivity index (χ1v) is 9.39. The lowest BCUT2D eigenvalue weighted by molar-refractivity contribution is -0.132. The molecular formula is C22H23N3O2. The van der Waals surface area contributed by atoms with E-state index in [1.54, 1.807) is 0 Å². The first kappa shape index (κ1) is 17.3. The number of benzene rings is 2. The maximum Gasteiger partial charge on any atom is 0.270 e. The maximum atomic E-state index is 12.7. The number of nitrogens with zero attached hydrogens (tertiary/aromatic N) is 2. The average Bonchev–Trinajstić information content (AvgIpc) is 3.16. The van der Waals surface area contributed by atoms with Crippen LogP contribution in [0, 0.1) is 0 Å². The number of aromatic amines is 1. The Labute approximate surface area is 158 Å². The van der Waals surface area contributed by atoms with E-state index in [2.05, 4.69) is 4.98 Å². The van der Waals surface area contributed by atoms with Gasteiger partial charge in [0.15, 0.2) is 0 Å². The fourth-order valence-corrected chi connectivity index (χ4v) is 3.57. The van der Waals surface area contributed by atoms with Gasteiger partial charge in [0.25, 0.3) is 5.91 Å². The standard InChI is InChI=1S/C22H23N3O2/c26-21(11-10-17-6-2-1-3-7-17)24-12-14-25(15-13-24)22(27)20-16-18-8-4-5-9-19(18)23-20/h1-9,16,23H,10-15H2. The predicted molar refractivity (Wildman–Crippen MR) is 106 cm³/mol. The summed E-state index contributed by atoms with van der Waals surface area (Å²) in [4.78, 5) is 32.1. The quantitative estimate of drug-likeness (QED) is 0.776. The molecule has 2 amide bonds. The third kappa shape index (κ3) is 3.87. The van der Waals surface area contributed by atoms with Crippen LogP contribution in [0.3, 0.4) is 0 Å². The van der Waals surface area contributed by atoms with Crippen molar-refractivity contribution >= 4 is 22.7 Å². The molecule has 1 saturated heterocycles. The molecule has 0 spiro atoms. The molecule has 1 aliphatic heterocycles. The normalized spacial score (nSPS) is 14.5. The van der Waals surface area contributed by atoms with Crippen LogP contribution in [0.2, 0.25) is 0 Å². The van der Waals surface area contributed by atoms with E-state index in [-0.39, 0.29) is 11.8 Å². The van der Waals surface area contributed by atoms with Gasteiger partial charge in [0.2, 0.25) is 5.91 Å². The molecule has 0 atom stereocenters. The SMILES string of the molecule is O=C(CCc1ccccc1)N1CCN(C(=O)c2cc3ccccc3[nH]2)CC1. The van der Waals surface area contributed by atoms with E-state index in [0.717, 1.165) is 17.3 Å². The van der Waals surface area contributed by atoms with Crippen LogP contribution in [0.4, 0.5) is 0 Å². The van der Waals surface area contributed by atoms with Crippen LogP contribution >= 0.6 is 0 Å². The molecule has 1 aromatic heterocycles. The molecule has 0 radical (unpaired) electrons. The highest BCUT2D eigenvalue weighted by Gasteiger charge is 2.25. The minimum absolute atomic E-state index is 0.00239. The number of carbonyl (C=O) groups is 2. The summed E-state index contributed by atoms with van der Waals surface area (Å²) in [6.45, 7) is 2.34. The van der Waals surface area contributed by atoms with Crippen LogP contribution in [0.1, 0.15) is 22.5 Å². The summed E-state index contributed by atoms with van der Waals surface area (Å²) in [7, 11) is 0. The molecule has 138 valence electrons. The fraction of sp³-hybridized carbons (Fsp3) is 0.273. The van der Waals surface area contributed by atoms with Crippen molar-refractivity contribution in [2.24, 2.45) is 0 Å². The predicted octanol–water partition coefficient (Wildman–Crippen LogP) is 3.09. The number of para-hydroxylation sites is 1. The number of carbonyl (C=O) groups excluding carboxylic acids is 2. The smallest absolute Gasteiger partial charge is 0.270 e. The minimum Gasteiger partial charge on any atom is -0.351 e. The molecule has 27 heavy (non-hydrogen) atoms. The summed E-state index contributed by atoms with van der Waals surface area (Å²) in [5, 5.41) is 1.04. The lowest BCUT2D eigenvalue weighted by Crippen LogP contribution is -2.50. The average molecular weight is 361 g/mol. The highest BCUT2D eigenvalue weighted by Crippen LogP contribution is 2.17. The van der Waals surface area contributed by atoms with Gasteiger partial charge < -0.3 is 14.8 Å². The molecule has 1 fully saturated rings. The van der Waals surface area contributed by atoms with E-state index in [4.69, 9.17) is 0 Å². The van der Waals surface area contributed by atoms with Gasteiger partial charge in [0.1, 0.15) is 5.69 Å². The summed E-state index contributed by atoms with van der Waals surface area (Å²) in [6.07, 6.45) is 1.27. The second-order valence-electron chi connectivity index (χ2n) is 6.93. The molecule has 0 saturated carbocycles. The molecule has 1 aliphatic rings. The largest absolute Gasteiger partial charge is 0.351 e. The molecule has 2 heterocycles. The Morgan fingerprint density at radius 2 is 1.52 bits per heavy atom. The van der Waals surface area contributed by atoms with Gasteiger partial charge in [-0.3, -0.25) is 9.59 Å². The Hall–Kier alpha value is -3.08. The zero-order valence-electron chi connectivity index (χ0n) is 15.2. The Morgan fingerprint density at radius 3 is 2.26 bits per heavy atom. The van der Waals surface area contributed by atoms with Crippen LogP contribution in [-0.2, 0) is 11.2 Å². The molecule has 0 bridgehead atoms. The number of aryl methyl sites for hydroxylation is 1. The second kappa shape index (κ2) is 7.66. The molecule has 0 unspecified atom stereocenters. The van der Waals surface area contributed by atoms with Crippen molar-refractivity contribution in [3.05, 3.63) is 71.9 Å². The second-order valence-corrected chi connectivity index (χ2v) is 6.93. The summed E-state index contributed by atoms with van der Waals surface area (Å²) in [5.74, 6) is 0.166. The van der Waals surface area contributed by atoms with Gasteiger partial charge in [-0.15, -0.1) is 0 Å². The van der Waals surface area contributed by atoms with Gasteiger partial charge >= 0.3 is 0 Å². The van der Waals surface area contributed by atoms with Gasteiger partial charge in [-0.1, -0.05) is 48.5 Å². The first-order chi connectivity index (χ1) is 13.2. The van der Waals surface area contributed by atoms with Gasteiger partial charge in [0.05, 0.1) is 0 Å². The zero-order chi connectivity index (χ0) is 18.6. The number of hydrogen-bond acceptors (Lipinski definition) is 2. The Kier molecular flexibility index (Phi) is 4.92. The monoisotopic (exact) mass is 361 g/mol. The third-order valence-corrected chi connectivity index (χ3v) is 5.15. The van der Waals surface area contributed by atoms with Crippen molar-refractivity contribution in [3.63, 3.8) is 0 Å². The van der Waals surface area contributed by atoms with Crippen LogP contribution < -0.4 is 0 Å². The molecule has 0 aliphatic carbocycles. The molecule has 3 aromatic rings. The summed E-state index contributed by atoms with van der Waals surface area (Å²) in [5.41, 5.74) is 2.76. The van der Waals surface area contributed by atoms with E-state index in [1.807, 2.05) is 70.5 Å². The number of piperazine rings is 1. The Balaban J connectivity index is 1.31. The van der Waals surface area contributed by atoms with Crippen molar-refractivity contribution in [2.45, 2.75) is 12.8 Å². The number of rotatable bonds is 4. The third-order valence-electron chi connectivity index (χ3n) is 5.15. The van der Waals surface area contributed by atoms with Crippen LogP contribution in [0.5, 0.6) is 0 Å².